The van der Waals surface area contributed by atoms with Crippen molar-refractivity contribution < 1.29 is 32.9 Å². The quantitative estimate of drug-likeness (QED) is 0.313. The van der Waals surface area contributed by atoms with Crippen molar-refractivity contribution in [1.29, 1.82) is 0 Å². The van der Waals surface area contributed by atoms with Crippen LogP contribution in [0.3, 0.4) is 0 Å². The molecular weight excluding hydrogens is 587 g/mol. The number of ether oxygens (including phenoxy) is 2. The number of phenolic OH excluding ortho intramolecular Hbond substituents is 1. The van der Waals surface area contributed by atoms with Gasteiger partial charge < -0.3 is 24.6 Å². The molecule has 0 amide bonds. The summed E-state index contributed by atoms with van der Waals surface area (Å²) in [6.07, 6.45) is 4.08. The van der Waals surface area contributed by atoms with Crippen molar-refractivity contribution in [2.75, 3.05) is 38.3 Å². The summed E-state index contributed by atoms with van der Waals surface area (Å²) >= 11 is 0. The van der Waals surface area contributed by atoms with Gasteiger partial charge in [0.15, 0.2) is 5.82 Å². The summed E-state index contributed by atoms with van der Waals surface area (Å²) in [5.41, 5.74) is 0.433. The summed E-state index contributed by atoms with van der Waals surface area (Å²) in [7, 11) is 1.39. The number of aromatic hydroxyl groups is 1. The Morgan fingerprint density at radius 3 is 2.62 bits per heavy atom. The van der Waals surface area contributed by atoms with Crippen LogP contribution >= 0.6 is 0 Å². The number of hydrogen-bond acceptors (Lipinski definition) is 9. The number of aryl methyl sites for hydroxylation is 1. The zero-order valence-electron chi connectivity index (χ0n) is 25.3. The first-order valence-electron chi connectivity index (χ1n) is 15.6. The normalized spacial score (nSPS) is 24.1. The second-order valence-corrected chi connectivity index (χ2v) is 12.2. The summed E-state index contributed by atoms with van der Waals surface area (Å²) in [4.78, 5) is 17.5. The largest absolute Gasteiger partial charge is 0.508 e. The van der Waals surface area contributed by atoms with Gasteiger partial charge in [-0.25, -0.2) is 18.2 Å². The van der Waals surface area contributed by atoms with Crippen LogP contribution in [0.25, 0.3) is 32.9 Å². The number of phenols is 1. The van der Waals surface area contributed by atoms with Crippen LogP contribution in [-0.4, -0.2) is 87.8 Å². The van der Waals surface area contributed by atoms with E-state index < -0.39 is 23.9 Å². The van der Waals surface area contributed by atoms with Crippen molar-refractivity contribution in [3.63, 3.8) is 0 Å². The van der Waals surface area contributed by atoms with Crippen LogP contribution in [0.2, 0.25) is 0 Å². The Bertz CT molecular complexity index is 1760. The van der Waals surface area contributed by atoms with E-state index in [0.29, 0.717) is 54.1 Å². The predicted octanol–water partition coefficient (Wildman–Crippen LogP) is 5.31. The molecule has 8 rings (SSSR count). The van der Waals surface area contributed by atoms with Gasteiger partial charge in [0.2, 0.25) is 5.88 Å². The van der Waals surface area contributed by atoms with Gasteiger partial charge in [-0.2, -0.15) is 9.97 Å². The smallest absolute Gasteiger partial charge is 0.318 e. The SMILES string of the molecule is CCc1c(F)ccc2cc(O)cc(-c3nc4c5c(nc(OC)nc5c3F)N(C3CCC3O)CCO4)c12.FC1CC2CCCN2C1. The highest BCUT2D eigenvalue weighted by atomic mass is 19.1. The van der Waals surface area contributed by atoms with Gasteiger partial charge in [0.05, 0.1) is 25.8 Å². The van der Waals surface area contributed by atoms with Gasteiger partial charge in [0, 0.05) is 18.2 Å². The molecule has 1 saturated carbocycles. The van der Waals surface area contributed by atoms with Crippen LogP contribution in [0, 0.1) is 11.6 Å². The topological polar surface area (TPSA) is 104 Å². The highest BCUT2D eigenvalue weighted by Crippen LogP contribution is 2.44. The zero-order valence-corrected chi connectivity index (χ0v) is 25.3. The molecule has 4 unspecified atom stereocenters. The Balaban J connectivity index is 0.000000308. The molecule has 9 nitrogen and oxygen atoms in total. The first kappa shape index (κ1) is 29.8. The minimum Gasteiger partial charge on any atom is -0.508 e. The van der Waals surface area contributed by atoms with Crippen molar-refractivity contribution in [1.82, 2.24) is 19.9 Å². The van der Waals surface area contributed by atoms with Gasteiger partial charge in [-0.1, -0.05) is 13.0 Å². The molecule has 4 aromatic rings. The summed E-state index contributed by atoms with van der Waals surface area (Å²) in [5.74, 6) is -0.791. The minimum absolute atomic E-state index is 0.0405. The van der Waals surface area contributed by atoms with Gasteiger partial charge in [-0.05, 0) is 79.6 Å². The highest BCUT2D eigenvalue weighted by Gasteiger charge is 2.39. The van der Waals surface area contributed by atoms with E-state index in [2.05, 4.69) is 19.9 Å². The second kappa shape index (κ2) is 11.8. The van der Waals surface area contributed by atoms with Crippen molar-refractivity contribution in [3.8, 4) is 28.9 Å². The van der Waals surface area contributed by atoms with E-state index in [4.69, 9.17) is 9.47 Å². The van der Waals surface area contributed by atoms with Crippen molar-refractivity contribution in [2.45, 2.75) is 69.8 Å². The Kier molecular flexibility index (Phi) is 7.81. The van der Waals surface area contributed by atoms with Gasteiger partial charge >= 0.3 is 6.01 Å². The van der Waals surface area contributed by atoms with E-state index in [9.17, 15) is 19.0 Å². The molecular formula is C33H36F3N5O4. The third-order valence-electron chi connectivity index (χ3n) is 9.56. The summed E-state index contributed by atoms with van der Waals surface area (Å²) in [6.45, 7) is 4.30. The molecule has 2 saturated heterocycles. The molecule has 2 aromatic carbocycles. The maximum absolute atomic E-state index is 16.3. The summed E-state index contributed by atoms with van der Waals surface area (Å²) in [6, 6.07) is 6.14. The maximum atomic E-state index is 16.3. The molecule has 3 aliphatic heterocycles. The average Bonchev–Trinajstić information content (AvgIpc) is 3.56. The number of alkyl halides is 1. The lowest BCUT2D eigenvalue weighted by atomic mass is 9.87. The fraction of sp³-hybridized carbons (Fsp3) is 0.485. The minimum atomic E-state index is -0.770. The monoisotopic (exact) mass is 623 g/mol. The molecule has 238 valence electrons. The van der Waals surface area contributed by atoms with Crippen LogP contribution in [-0.2, 0) is 6.42 Å². The lowest BCUT2D eigenvalue weighted by molar-refractivity contribution is 0.0632. The number of methoxy groups -OCH3 is 1. The fourth-order valence-electron chi connectivity index (χ4n) is 7.24. The summed E-state index contributed by atoms with van der Waals surface area (Å²) in [5, 5.41) is 22.0. The van der Waals surface area contributed by atoms with Crippen LogP contribution in [0.15, 0.2) is 24.3 Å². The van der Waals surface area contributed by atoms with Crippen LogP contribution in [0.5, 0.6) is 17.6 Å². The average molecular weight is 624 g/mol. The number of anilines is 1. The molecule has 0 radical (unpaired) electrons. The van der Waals surface area contributed by atoms with Gasteiger partial charge in [0.25, 0.3) is 0 Å². The first-order valence-corrected chi connectivity index (χ1v) is 15.6. The molecule has 4 atom stereocenters. The first-order chi connectivity index (χ1) is 21.8. The number of rotatable bonds is 4. The molecule has 4 aliphatic rings. The standard InChI is InChI=1S/C26H24F2N4O4.C7H12FN/c1-3-14-16(27)5-4-12-10-13(33)11-15(19(12)14)22-21(28)23-20-24(31-26(30-23)35-2)32(17-6-7-18(17)34)8-9-36-25(20)29-22;8-6-4-7-2-1-3-9(7)5-6/h4-5,10-11,17-18,33-34H,3,6-9H2,1-2H3;6-7H,1-5H2. The second-order valence-electron chi connectivity index (χ2n) is 12.2. The number of nitrogens with zero attached hydrogens (tertiary/aromatic N) is 5. The van der Waals surface area contributed by atoms with Crippen LogP contribution in [0.4, 0.5) is 19.0 Å². The molecule has 1 aliphatic carbocycles. The highest BCUT2D eigenvalue weighted by molar-refractivity contribution is 6.03. The number of aromatic nitrogens is 3. The molecule has 12 heteroatoms. The van der Waals surface area contributed by atoms with Gasteiger partial charge in [-0.3, -0.25) is 4.90 Å². The van der Waals surface area contributed by atoms with Gasteiger partial charge in [0.1, 0.15) is 46.8 Å². The fourth-order valence-corrected chi connectivity index (χ4v) is 7.24. The number of aliphatic hydroxyl groups excluding tert-OH is 1. The lowest BCUT2D eigenvalue weighted by Crippen LogP contribution is -2.52. The number of halogens is 3. The number of pyridine rings is 1. The van der Waals surface area contributed by atoms with E-state index in [1.807, 2.05) is 11.8 Å². The van der Waals surface area contributed by atoms with Crippen LogP contribution in [0.1, 0.15) is 44.6 Å². The molecule has 0 bridgehead atoms. The van der Waals surface area contributed by atoms with Gasteiger partial charge in [-0.15, -0.1) is 0 Å². The third kappa shape index (κ3) is 5.17. The van der Waals surface area contributed by atoms with Crippen LogP contribution < -0.4 is 14.4 Å². The van der Waals surface area contributed by atoms with Crippen molar-refractivity contribution in [3.05, 3.63) is 41.5 Å². The lowest BCUT2D eigenvalue weighted by Gasteiger charge is -2.41. The van der Waals surface area contributed by atoms with E-state index in [-0.39, 0.29) is 52.4 Å². The molecule has 3 fully saturated rings. The number of aliphatic hydroxyl groups is 1. The van der Waals surface area contributed by atoms with E-state index in [1.54, 1.807) is 6.07 Å². The summed E-state index contributed by atoms with van der Waals surface area (Å²) < 4.78 is 54.9. The molecule has 0 spiro atoms. The predicted molar refractivity (Wildman–Crippen MR) is 164 cm³/mol. The number of hydrogen-bond donors (Lipinski definition) is 2. The number of benzene rings is 2. The molecule has 5 heterocycles. The zero-order chi connectivity index (χ0) is 31.4. The van der Waals surface area contributed by atoms with E-state index in [0.717, 1.165) is 19.4 Å². The third-order valence-corrected chi connectivity index (χ3v) is 9.56. The van der Waals surface area contributed by atoms with E-state index >= 15 is 4.39 Å². The molecule has 2 N–H and O–H groups in total. The van der Waals surface area contributed by atoms with Crippen molar-refractivity contribution in [2.24, 2.45) is 0 Å². The molecule has 2 aromatic heterocycles. The van der Waals surface area contributed by atoms with E-state index in [1.165, 1.54) is 38.2 Å². The number of fused-ring (bicyclic) bond motifs is 2. The maximum Gasteiger partial charge on any atom is 0.318 e. The molecule has 45 heavy (non-hydrogen) atoms. The Labute approximate surface area is 258 Å². The Hall–Kier alpha value is -3.90. The van der Waals surface area contributed by atoms with Crippen molar-refractivity contribution >= 4 is 27.5 Å². The Morgan fingerprint density at radius 2 is 1.91 bits per heavy atom. The Morgan fingerprint density at radius 1 is 1.07 bits per heavy atom.